The van der Waals surface area contributed by atoms with Gasteiger partial charge in [0, 0.05) is 11.9 Å². The van der Waals surface area contributed by atoms with Gasteiger partial charge < -0.3 is 10.0 Å². The number of hydrogen-bond acceptors (Lipinski definition) is 4. The first-order chi connectivity index (χ1) is 7.10. The van der Waals surface area contributed by atoms with Crippen LogP contribution in [0.4, 0.5) is 0 Å². The number of thiazole rings is 1. The molecule has 0 aliphatic rings. The van der Waals surface area contributed by atoms with Crippen LogP contribution in [-0.2, 0) is 9.59 Å². The van der Waals surface area contributed by atoms with Gasteiger partial charge in [0.25, 0.3) is 0 Å². The third kappa shape index (κ3) is 2.53. The third-order valence-electron chi connectivity index (χ3n) is 1.98. The Morgan fingerprint density at radius 3 is 2.80 bits per heavy atom. The van der Waals surface area contributed by atoms with E-state index in [1.165, 1.54) is 16.2 Å². The van der Waals surface area contributed by atoms with Crippen molar-refractivity contribution >= 4 is 23.7 Å². The molecule has 15 heavy (non-hydrogen) atoms. The molecule has 1 aromatic heterocycles. The highest BCUT2D eigenvalue weighted by molar-refractivity contribution is 7.09. The fourth-order valence-electron chi connectivity index (χ4n) is 1.26. The van der Waals surface area contributed by atoms with Crippen LogP contribution in [0.5, 0.6) is 0 Å². The summed E-state index contributed by atoms with van der Waals surface area (Å²) in [5, 5.41) is 11.5. The molecule has 1 N–H and O–H groups in total. The van der Waals surface area contributed by atoms with E-state index in [2.05, 4.69) is 4.98 Å². The van der Waals surface area contributed by atoms with E-state index in [9.17, 15) is 9.59 Å². The molecule has 0 saturated carbocycles. The molecule has 0 fully saturated rings. The molecule has 0 aliphatic heterocycles. The topological polar surface area (TPSA) is 70.5 Å². The van der Waals surface area contributed by atoms with Gasteiger partial charge in [0.2, 0.25) is 6.41 Å². The lowest BCUT2D eigenvalue weighted by Crippen LogP contribution is -2.33. The Labute approximate surface area is 91.4 Å². The maximum absolute atomic E-state index is 11.0. The quantitative estimate of drug-likeness (QED) is 0.765. The van der Waals surface area contributed by atoms with Gasteiger partial charge in [-0.05, 0) is 13.8 Å². The number of likely N-dealkylation sites (N-methyl/N-ethyl adjacent to an activating group) is 1. The second-order valence-electron chi connectivity index (χ2n) is 2.97. The number of aliphatic carboxylic acids is 1. The van der Waals surface area contributed by atoms with E-state index in [0.29, 0.717) is 18.6 Å². The van der Waals surface area contributed by atoms with Crippen LogP contribution < -0.4 is 0 Å². The lowest BCUT2D eigenvalue weighted by Gasteiger charge is -2.21. The normalized spacial score (nSPS) is 12.1. The average molecular weight is 228 g/mol. The van der Waals surface area contributed by atoms with Gasteiger partial charge in [-0.3, -0.25) is 4.79 Å². The van der Waals surface area contributed by atoms with Crippen molar-refractivity contribution < 1.29 is 14.7 Å². The molecule has 5 nitrogen and oxygen atoms in total. The Morgan fingerprint density at radius 2 is 2.47 bits per heavy atom. The number of aryl methyl sites for hydroxylation is 1. The molecule has 1 unspecified atom stereocenters. The van der Waals surface area contributed by atoms with Crippen LogP contribution in [0, 0.1) is 6.92 Å². The molecule has 0 spiro atoms. The van der Waals surface area contributed by atoms with E-state index in [0.717, 1.165) is 5.01 Å². The van der Waals surface area contributed by atoms with E-state index < -0.39 is 12.0 Å². The molecule has 0 aromatic carbocycles. The highest BCUT2D eigenvalue weighted by Gasteiger charge is 2.27. The van der Waals surface area contributed by atoms with Crippen molar-refractivity contribution in [1.29, 1.82) is 0 Å². The Balaban J connectivity index is 3.02. The number of carboxylic acids is 1. The lowest BCUT2D eigenvalue weighted by atomic mass is 10.2. The van der Waals surface area contributed by atoms with Crippen molar-refractivity contribution in [1.82, 2.24) is 9.88 Å². The Kier molecular flexibility index (Phi) is 3.79. The van der Waals surface area contributed by atoms with E-state index in [-0.39, 0.29) is 0 Å². The van der Waals surface area contributed by atoms with Gasteiger partial charge in [0.05, 0.1) is 10.7 Å². The summed E-state index contributed by atoms with van der Waals surface area (Å²) in [6.45, 7) is 3.87. The summed E-state index contributed by atoms with van der Waals surface area (Å²) in [7, 11) is 0. The number of carbonyl (C=O) groups is 2. The van der Waals surface area contributed by atoms with Crippen molar-refractivity contribution in [2.45, 2.75) is 19.9 Å². The number of hydrogen-bond donors (Lipinski definition) is 1. The average Bonchev–Trinajstić information content (AvgIpc) is 2.59. The summed E-state index contributed by atoms with van der Waals surface area (Å²) in [4.78, 5) is 27.0. The monoisotopic (exact) mass is 228 g/mol. The number of carboxylic acid groups (broad SMARTS) is 1. The van der Waals surface area contributed by atoms with Crippen molar-refractivity contribution in [3.63, 3.8) is 0 Å². The molecule has 6 heteroatoms. The zero-order valence-electron chi connectivity index (χ0n) is 8.51. The van der Waals surface area contributed by atoms with Gasteiger partial charge in [-0.25, -0.2) is 9.78 Å². The summed E-state index contributed by atoms with van der Waals surface area (Å²) in [6, 6.07) is -0.975. The first kappa shape index (κ1) is 11.6. The van der Waals surface area contributed by atoms with E-state index in [4.69, 9.17) is 5.11 Å². The number of nitrogens with zero attached hydrogens (tertiary/aromatic N) is 2. The maximum atomic E-state index is 11.0. The van der Waals surface area contributed by atoms with Crippen LogP contribution in [-0.4, -0.2) is 33.9 Å². The van der Waals surface area contributed by atoms with E-state index in [1.807, 2.05) is 0 Å². The van der Waals surface area contributed by atoms with E-state index in [1.54, 1.807) is 19.2 Å². The smallest absolute Gasteiger partial charge is 0.332 e. The molecular formula is C9H12N2O3S. The summed E-state index contributed by atoms with van der Waals surface area (Å²) in [6.07, 6.45) is 0.535. The summed E-state index contributed by atoms with van der Waals surface area (Å²) in [5.74, 6) is -1.06. The number of rotatable bonds is 5. The number of carbonyl (C=O) groups excluding carboxylic acids is 1. The van der Waals surface area contributed by atoms with E-state index >= 15 is 0 Å². The predicted molar refractivity (Wildman–Crippen MR) is 55.7 cm³/mol. The first-order valence-corrected chi connectivity index (χ1v) is 5.34. The van der Waals surface area contributed by atoms with Gasteiger partial charge in [-0.15, -0.1) is 11.3 Å². The Bertz CT molecular complexity index is 364. The van der Waals surface area contributed by atoms with Crippen LogP contribution in [0.3, 0.4) is 0 Å². The van der Waals surface area contributed by atoms with Crippen molar-refractivity contribution in [3.8, 4) is 0 Å². The zero-order valence-corrected chi connectivity index (χ0v) is 9.32. The standard InChI is InChI=1S/C9H12N2O3S/c1-3-11(5-12)8(9(13)14)7-4-15-6(2)10-7/h4-5,8H,3H2,1-2H3,(H,13,14). The van der Waals surface area contributed by atoms with Crippen LogP contribution >= 0.6 is 11.3 Å². The van der Waals surface area contributed by atoms with Gasteiger partial charge in [0.15, 0.2) is 6.04 Å². The molecule has 1 heterocycles. The highest BCUT2D eigenvalue weighted by atomic mass is 32.1. The number of aromatic nitrogens is 1. The molecule has 82 valence electrons. The molecular weight excluding hydrogens is 216 g/mol. The number of amides is 1. The van der Waals surface area contributed by atoms with Crippen molar-refractivity contribution in [3.05, 3.63) is 16.1 Å². The second-order valence-corrected chi connectivity index (χ2v) is 4.03. The molecule has 1 aromatic rings. The minimum atomic E-state index is -1.06. The first-order valence-electron chi connectivity index (χ1n) is 4.46. The SMILES string of the molecule is CCN(C=O)C(C(=O)O)c1csc(C)n1. The van der Waals surface area contributed by atoms with Gasteiger partial charge in [0.1, 0.15) is 0 Å². The molecule has 1 rings (SSSR count). The molecule has 0 radical (unpaired) electrons. The van der Waals surface area contributed by atoms with Gasteiger partial charge in [-0.1, -0.05) is 0 Å². The van der Waals surface area contributed by atoms with Crippen molar-refractivity contribution in [2.75, 3.05) is 6.54 Å². The zero-order chi connectivity index (χ0) is 11.4. The fourth-order valence-corrected chi connectivity index (χ4v) is 1.89. The van der Waals surface area contributed by atoms with Crippen LogP contribution in [0.25, 0.3) is 0 Å². The molecule has 1 amide bonds. The van der Waals surface area contributed by atoms with Crippen LogP contribution in [0.2, 0.25) is 0 Å². The minimum Gasteiger partial charge on any atom is -0.479 e. The second kappa shape index (κ2) is 4.88. The third-order valence-corrected chi connectivity index (χ3v) is 2.77. The summed E-state index contributed by atoms with van der Waals surface area (Å²) in [5.41, 5.74) is 0.416. The molecule has 0 saturated heterocycles. The molecule has 1 atom stereocenters. The van der Waals surface area contributed by atoms with Gasteiger partial charge in [-0.2, -0.15) is 0 Å². The molecule has 0 aliphatic carbocycles. The highest BCUT2D eigenvalue weighted by Crippen LogP contribution is 2.21. The maximum Gasteiger partial charge on any atom is 0.332 e. The van der Waals surface area contributed by atoms with Crippen LogP contribution in [0.1, 0.15) is 23.7 Å². The summed E-state index contributed by atoms with van der Waals surface area (Å²) < 4.78 is 0. The van der Waals surface area contributed by atoms with Gasteiger partial charge >= 0.3 is 5.97 Å². The summed E-state index contributed by atoms with van der Waals surface area (Å²) >= 11 is 1.37. The Morgan fingerprint density at radius 1 is 1.80 bits per heavy atom. The molecule has 0 bridgehead atoms. The van der Waals surface area contributed by atoms with Crippen molar-refractivity contribution in [2.24, 2.45) is 0 Å². The predicted octanol–water partition coefficient (Wildman–Crippen LogP) is 1.06. The van der Waals surface area contributed by atoms with Crippen LogP contribution in [0.15, 0.2) is 5.38 Å². The largest absolute Gasteiger partial charge is 0.479 e. The Hall–Kier alpha value is -1.43. The lowest BCUT2D eigenvalue weighted by molar-refractivity contribution is -0.146. The minimum absolute atomic E-state index is 0.344. The fraction of sp³-hybridized carbons (Fsp3) is 0.444.